The second-order valence-electron chi connectivity index (χ2n) is 4.68. The van der Waals surface area contributed by atoms with Gasteiger partial charge in [-0.05, 0) is 6.92 Å². The van der Waals surface area contributed by atoms with Crippen LogP contribution in [-0.2, 0) is 24.4 Å². The summed E-state index contributed by atoms with van der Waals surface area (Å²) in [7, 11) is 1.61. The number of rotatable bonds is 6. The van der Waals surface area contributed by atoms with Gasteiger partial charge in [0.25, 0.3) is 0 Å². The molecule has 0 aliphatic carbocycles. The Labute approximate surface area is 131 Å². The maximum absolute atomic E-state index is 12.1. The van der Waals surface area contributed by atoms with Crippen molar-refractivity contribution >= 4 is 23.2 Å². The lowest BCUT2D eigenvalue weighted by Gasteiger charge is -2.15. The molecule has 2 aromatic heterocycles. The molecule has 2 heterocycles. The van der Waals surface area contributed by atoms with E-state index < -0.39 is 4.92 Å². The number of likely N-dealkylation sites (N-methyl/N-ethyl adjacent to an activating group) is 1. The number of halogens is 1. The third kappa shape index (κ3) is 3.61. The van der Waals surface area contributed by atoms with Crippen molar-refractivity contribution in [1.29, 1.82) is 0 Å². The van der Waals surface area contributed by atoms with Gasteiger partial charge in [-0.2, -0.15) is 10.2 Å². The Bertz CT molecular complexity index is 695. The number of carbonyl (C=O) groups is 1. The highest BCUT2D eigenvalue weighted by atomic mass is 35.5. The summed E-state index contributed by atoms with van der Waals surface area (Å²) in [4.78, 5) is 23.6. The maximum Gasteiger partial charge on any atom is 0.307 e. The van der Waals surface area contributed by atoms with Crippen LogP contribution >= 0.6 is 11.6 Å². The molecule has 0 aliphatic rings. The topological polar surface area (TPSA) is 99.1 Å². The molecular formula is C12H15ClN6O3. The number of hydrogen-bond acceptors (Lipinski definition) is 5. The molecule has 0 spiro atoms. The summed E-state index contributed by atoms with van der Waals surface area (Å²) in [5, 5.41) is 19.1. The minimum Gasteiger partial charge on any atom is -0.338 e. The Hall–Kier alpha value is -2.42. The van der Waals surface area contributed by atoms with Crippen LogP contribution in [-0.4, -0.2) is 42.3 Å². The van der Waals surface area contributed by atoms with E-state index in [-0.39, 0.29) is 24.7 Å². The highest BCUT2D eigenvalue weighted by molar-refractivity contribution is 6.31. The molecule has 0 N–H and O–H groups in total. The zero-order valence-electron chi connectivity index (χ0n) is 12.1. The lowest BCUT2D eigenvalue weighted by molar-refractivity contribution is -0.385. The predicted octanol–water partition coefficient (Wildman–Crippen LogP) is 1.32. The van der Waals surface area contributed by atoms with Crippen LogP contribution in [0.3, 0.4) is 0 Å². The van der Waals surface area contributed by atoms with Crippen molar-refractivity contribution in [2.75, 3.05) is 7.05 Å². The molecule has 0 fully saturated rings. The average Bonchev–Trinajstić information content (AvgIpc) is 3.06. The summed E-state index contributed by atoms with van der Waals surface area (Å²) in [6.07, 6.45) is 4.02. The highest BCUT2D eigenvalue weighted by Crippen LogP contribution is 2.16. The summed E-state index contributed by atoms with van der Waals surface area (Å²) in [5.41, 5.74) is 0.450. The number of nitrogens with zero attached hydrogens (tertiary/aromatic N) is 6. The summed E-state index contributed by atoms with van der Waals surface area (Å²) < 4.78 is 2.91. The van der Waals surface area contributed by atoms with Crippen molar-refractivity contribution in [3.63, 3.8) is 0 Å². The molecule has 0 radical (unpaired) electrons. The normalized spacial score (nSPS) is 10.7. The van der Waals surface area contributed by atoms with Crippen LogP contribution in [0.5, 0.6) is 0 Å². The van der Waals surface area contributed by atoms with Crippen LogP contribution in [0.15, 0.2) is 18.6 Å². The lowest BCUT2D eigenvalue weighted by Crippen LogP contribution is -2.30. The summed E-state index contributed by atoms with van der Waals surface area (Å²) in [6, 6.07) is 0. The van der Waals surface area contributed by atoms with Crippen molar-refractivity contribution in [1.82, 2.24) is 24.5 Å². The first-order valence-corrected chi connectivity index (χ1v) is 6.91. The maximum atomic E-state index is 12.1. The van der Waals surface area contributed by atoms with Crippen molar-refractivity contribution in [2.45, 2.75) is 26.6 Å². The third-order valence-electron chi connectivity index (χ3n) is 3.05. The fraction of sp³-hybridized carbons (Fsp3) is 0.417. The van der Waals surface area contributed by atoms with Gasteiger partial charge in [-0.3, -0.25) is 24.3 Å². The number of hydrogen-bond donors (Lipinski definition) is 0. The molecule has 0 atom stereocenters. The average molecular weight is 327 g/mol. The van der Waals surface area contributed by atoms with Crippen LogP contribution in [0.2, 0.25) is 5.02 Å². The monoisotopic (exact) mass is 326 g/mol. The number of amides is 1. The predicted molar refractivity (Wildman–Crippen MR) is 78.3 cm³/mol. The van der Waals surface area contributed by atoms with Crippen LogP contribution in [0.4, 0.5) is 5.69 Å². The summed E-state index contributed by atoms with van der Waals surface area (Å²) in [5.74, 6) is -0.250. The van der Waals surface area contributed by atoms with E-state index in [0.717, 1.165) is 6.20 Å². The second-order valence-corrected chi connectivity index (χ2v) is 5.09. The van der Waals surface area contributed by atoms with E-state index in [1.807, 2.05) is 6.92 Å². The van der Waals surface area contributed by atoms with E-state index in [1.54, 1.807) is 17.9 Å². The Kier molecular flexibility index (Phi) is 4.76. The molecule has 2 aromatic rings. The summed E-state index contributed by atoms with van der Waals surface area (Å²) in [6.45, 7) is 2.80. The van der Waals surface area contributed by atoms with E-state index in [0.29, 0.717) is 17.3 Å². The number of aromatic nitrogens is 4. The first kappa shape index (κ1) is 16.0. The van der Waals surface area contributed by atoms with Gasteiger partial charge in [0.1, 0.15) is 24.6 Å². The molecule has 0 saturated carbocycles. The SMILES string of the molecule is CCn1cc(Cl)c(CN(C)C(=O)Cn2cc([N+](=O)[O-])cn2)n1. The van der Waals surface area contributed by atoms with Gasteiger partial charge in [0.15, 0.2) is 0 Å². The molecular weight excluding hydrogens is 312 g/mol. The molecule has 0 aliphatic heterocycles. The first-order chi connectivity index (χ1) is 10.4. The molecule has 9 nitrogen and oxygen atoms in total. The van der Waals surface area contributed by atoms with Crippen molar-refractivity contribution < 1.29 is 9.72 Å². The Morgan fingerprint density at radius 2 is 2.18 bits per heavy atom. The third-order valence-corrected chi connectivity index (χ3v) is 3.37. The minimum atomic E-state index is -0.561. The van der Waals surface area contributed by atoms with Gasteiger partial charge in [-0.15, -0.1) is 0 Å². The summed E-state index contributed by atoms with van der Waals surface area (Å²) >= 11 is 6.06. The van der Waals surface area contributed by atoms with Gasteiger partial charge in [-0.25, -0.2) is 0 Å². The van der Waals surface area contributed by atoms with E-state index >= 15 is 0 Å². The fourth-order valence-electron chi connectivity index (χ4n) is 1.81. The molecule has 0 aromatic carbocycles. The van der Waals surface area contributed by atoms with Gasteiger partial charge in [0.2, 0.25) is 5.91 Å². The van der Waals surface area contributed by atoms with Crippen LogP contribution in [0.25, 0.3) is 0 Å². The zero-order valence-corrected chi connectivity index (χ0v) is 12.9. The van der Waals surface area contributed by atoms with Gasteiger partial charge in [-0.1, -0.05) is 11.6 Å². The number of aryl methyl sites for hydroxylation is 1. The zero-order chi connectivity index (χ0) is 16.3. The molecule has 118 valence electrons. The number of nitro groups is 1. The molecule has 0 bridgehead atoms. The smallest absolute Gasteiger partial charge is 0.307 e. The molecule has 10 heteroatoms. The van der Waals surface area contributed by atoms with Crippen molar-refractivity contribution in [3.8, 4) is 0 Å². The van der Waals surface area contributed by atoms with E-state index in [2.05, 4.69) is 10.2 Å². The molecule has 1 amide bonds. The Morgan fingerprint density at radius 3 is 2.73 bits per heavy atom. The lowest BCUT2D eigenvalue weighted by atomic mass is 10.4. The van der Waals surface area contributed by atoms with Crippen LogP contribution in [0.1, 0.15) is 12.6 Å². The molecule has 2 rings (SSSR count). The fourth-order valence-corrected chi connectivity index (χ4v) is 2.02. The van der Waals surface area contributed by atoms with E-state index in [1.165, 1.54) is 15.8 Å². The molecule has 0 unspecified atom stereocenters. The van der Waals surface area contributed by atoms with Gasteiger partial charge in [0, 0.05) is 19.8 Å². The molecule has 22 heavy (non-hydrogen) atoms. The van der Waals surface area contributed by atoms with E-state index in [4.69, 9.17) is 11.6 Å². The number of carbonyl (C=O) groups excluding carboxylic acids is 1. The Morgan fingerprint density at radius 1 is 1.45 bits per heavy atom. The van der Waals surface area contributed by atoms with Gasteiger partial charge in [0.05, 0.1) is 16.5 Å². The van der Waals surface area contributed by atoms with Crippen LogP contribution in [0, 0.1) is 10.1 Å². The largest absolute Gasteiger partial charge is 0.338 e. The Balaban J connectivity index is 1.99. The van der Waals surface area contributed by atoms with Crippen LogP contribution < -0.4 is 0 Å². The molecule has 0 saturated heterocycles. The first-order valence-electron chi connectivity index (χ1n) is 6.53. The van der Waals surface area contributed by atoms with Gasteiger partial charge < -0.3 is 4.90 Å². The second kappa shape index (κ2) is 6.56. The standard InChI is InChI=1S/C12H15ClN6O3/c1-3-17-6-10(13)11(15-17)7-16(2)12(20)8-18-5-9(4-14-18)19(21)22/h4-6H,3,7-8H2,1-2H3. The van der Waals surface area contributed by atoms with Crippen molar-refractivity contribution in [3.05, 3.63) is 39.4 Å². The van der Waals surface area contributed by atoms with E-state index in [9.17, 15) is 14.9 Å². The quantitative estimate of drug-likeness (QED) is 0.589. The van der Waals surface area contributed by atoms with Gasteiger partial charge >= 0.3 is 5.69 Å². The highest BCUT2D eigenvalue weighted by Gasteiger charge is 2.16. The minimum absolute atomic E-state index is 0.0869. The van der Waals surface area contributed by atoms with Crippen molar-refractivity contribution in [2.24, 2.45) is 0 Å².